The van der Waals surface area contributed by atoms with Crippen LogP contribution in [0.1, 0.15) is 57.8 Å². The number of ketones is 1. The second kappa shape index (κ2) is 8.42. The van der Waals surface area contributed by atoms with E-state index < -0.39 is 29.9 Å². The number of nitrogens with two attached hydrogens (primary N) is 1. The van der Waals surface area contributed by atoms with Gasteiger partial charge >= 0.3 is 11.9 Å². The molecule has 0 unspecified atom stereocenters. The van der Waals surface area contributed by atoms with Crippen LogP contribution in [0.2, 0.25) is 0 Å². The number of carbonyl (C=O) groups excluding carboxylic acids is 2. The highest BCUT2D eigenvalue weighted by Crippen LogP contribution is 2.32. The Hall–Kier alpha value is -1.96. The Morgan fingerprint density at radius 1 is 1.12 bits per heavy atom. The number of carboxylic acids is 2. The molecule has 1 amide bonds. The van der Waals surface area contributed by atoms with Crippen LogP contribution < -0.4 is 5.73 Å². The van der Waals surface area contributed by atoms with Crippen molar-refractivity contribution in [2.24, 2.45) is 11.7 Å². The van der Waals surface area contributed by atoms with Gasteiger partial charge in [0.05, 0.1) is 18.0 Å². The van der Waals surface area contributed by atoms with Gasteiger partial charge in [-0.05, 0) is 32.1 Å². The van der Waals surface area contributed by atoms with E-state index in [9.17, 15) is 24.3 Å². The fourth-order valence-corrected chi connectivity index (χ4v) is 3.86. The number of Topliss-reactive ketones (excluding diaryl/α,β-unsaturated/α-hetero) is 1. The van der Waals surface area contributed by atoms with Gasteiger partial charge in [-0.1, -0.05) is 12.8 Å². The van der Waals surface area contributed by atoms with Crippen LogP contribution in [0.25, 0.3) is 0 Å². The Morgan fingerprint density at radius 3 is 2.44 bits per heavy atom. The zero-order valence-corrected chi connectivity index (χ0v) is 14.2. The summed E-state index contributed by atoms with van der Waals surface area (Å²) in [5, 5.41) is 18.0. The molecule has 0 spiro atoms. The van der Waals surface area contributed by atoms with Gasteiger partial charge in [0.15, 0.2) is 5.78 Å². The van der Waals surface area contributed by atoms with E-state index in [0.29, 0.717) is 12.8 Å². The normalized spacial score (nSPS) is 28.0. The van der Waals surface area contributed by atoms with Crippen LogP contribution in [0.5, 0.6) is 0 Å². The largest absolute Gasteiger partial charge is 0.481 e. The molecular weight excluding hydrogens is 328 g/mol. The van der Waals surface area contributed by atoms with Gasteiger partial charge in [-0.25, -0.2) is 0 Å². The van der Waals surface area contributed by atoms with E-state index in [1.54, 1.807) is 4.90 Å². The fraction of sp³-hybridized carbons (Fsp3) is 0.765. The summed E-state index contributed by atoms with van der Waals surface area (Å²) in [6, 6.07) is -1.25. The quantitative estimate of drug-likeness (QED) is 0.614. The molecule has 0 aromatic rings. The third-order valence-corrected chi connectivity index (χ3v) is 5.25. The Kier molecular flexibility index (Phi) is 6.52. The monoisotopic (exact) mass is 354 g/mol. The lowest BCUT2D eigenvalue weighted by Crippen LogP contribution is -2.52. The first kappa shape index (κ1) is 19.4. The van der Waals surface area contributed by atoms with Crippen molar-refractivity contribution in [2.75, 3.05) is 0 Å². The first-order valence-corrected chi connectivity index (χ1v) is 8.86. The van der Waals surface area contributed by atoms with Crippen molar-refractivity contribution in [3.8, 4) is 0 Å². The summed E-state index contributed by atoms with van der Waals surface area (Å²) in [4.78, 5) is 48.8. The molecule has 0 aromatic carbocycles. The summed E-state index contributed by atoms with van der Waals surface area (Å²) < 4.78 is 0. The fourth-order valence-electron chi connectivity index (χ4n) is 3.86. The molecule has 0 saturated carbocycles. The Bertz CT molecular complexity index is 549. The number of rotatable bonds is 7. The molecule has 0 bridgehead atoms. The van der Waals surface area contributed by atoms with Gasteiger partial charge in [0.1, 0.15) is 0 Å². The van der Waals surface area contributed by atoms with Gasteiger partial charge in [-0.15, -0.1) is 0 Å². The van der Waals surface area contributed by atoms with Crippen LogP contribution in [0.4, 0.5) is 0 Å². The molecule has 2 heterocycles. The van der Waals surface area contributed by atoms with Crippen molar-refractivity contribution in [2.45, 2.75) is 75.9 Å². The minimum Gasteiger partial charge on any atom is -0.481 e. The van der Waals surface area contributed by atoms with Crippen LogP contribution in [0, 0.1) is 5.92 Å². The average molecular weight is 354 g/mol. The smallest absolute Gasteiger partial charge is 0.306 e. The maximum absolute atomic E-state index is 12.7. The van der Waals surface area contributed by atoms with Crippen LogP contribution in [0.3, 0.4) is 0 Å². The van der Waals surface area contributed by atoms with E-state index in [0.717, 1.165) is 25.7 Å². The van der Waals surface area contributed by atoms with Crippen LogP contribution in [-0.2, 0) is 19.2 Å². The minimum absolute atomic E-state index is 0.00454. The van der Waals surface area contributed by atoms with E-state index in [1.807, 2.05) is 0 Å². The molecule has 25 heavy (non-hydrogen) atoms. The van der Waals surface area contributed by atoms with E-state index in [2.05, 4.69) is 0 Å². The van der Waals surface area contributed by atoms with Gasteiger partial charge in [0.2, 0.25) is 5.91 Å². The third-order valence-electron chi connectivity index (χ3n) is 5.25. The Morgan fingerprint density at radius 2 is 1.80 bits per heavy atom. The molecule has 8 heteroatoms. The summed E-state index contributed by atoms with van der Waals surface area (Å²) in [6.07, 6.45) is 3.88. The molecule has 140 valence electrons. The van der Waals surface area contributed by atoms with Crippen molar-refractivity contribution < 1.29 is 29.4 Å². The molecule has 4 N–H and O–H groups in total. The molecule has 2 aliphatic rings. The number of fused-ring (bicyclic) bond motifs is 1. The maximum Gasteiger partial charge on any atom is 0.306 e. The molecule has 2 rings (SSSR count). The number of aliphatic carboxylic acids is 2. The standard InChI is InChI=1S/C17H26N2O6/c18-12-4-2-1-3-11-6-7-13(19(11)16(12)23)14(20)9-10(17(24)25)5-8-15(21)22/h10-13H,1-9,18H2,(H,21,22)(H,24,25)/t10-,11+,12+,13+/m1/s1. The van der Waals surface area contributed by atoms with Crippen molar-refractivity contribution in [1.29, 1.82) is 0 Å². The number of hydrogen-bond donors (Lipinski definition) is 3. The predicted octanol–water partition coefficient (Wildman–Crippen LogP) is 0.772. The molecule has 8 nitrogen and oxygen atoms in total. The van der Waals surface area contributed by atoms with Crippen LogP contribution in [-0.4, -0.2) is 56.9 Å². The average Bonchev–Trinajstić information content (AvgIpc) is 2.96. The predicted molar refractivity (Wildman–Crippen MR) is 87.7 cm³/mol. The van der Waals surface area contributed by atoms with E-state index in [-0.39, 0.29) is 37.0 Å². The summed E-state index contributed by atoms with van der Waals surface area (Å²) in [7, 11) is 0. The first-order valence-electron chi connectivity index (χ1n) is 8.86. The highest BCUT2D eigenvalue weighted by Gasteiger charge is 2.43. The lowest BCUT2D eigenvalue weighted by molar-refractivity contribution is -0.146. The van der Waals surface area contributed by atoms with Crippen LogP contribution in [0.15, 0.2) is 0 Å². The zero-order chi connectivity index (χ0) is 18.6. The second-order valence-corrected chi connectivity index (χ2v) is 7.02. The number of carboxylic acid groups (broad SMARTS) is 2. The minimum atomic E-state index is -1.18. The summed E-state index contributed by atoms with van der Waals surface area (Å²) >= 11 is 0. The number of amides is 1. The Balaban J connectivity index is 2.07. The molecule has 0 aliphatic carbocycles. The molecule has 2 saturated heterocycles. The molecule has 2 aliphatic heterocycles. The SMILES string of the molecule is N[C@H]1CCCC[C@H]2CC[C@@H](C(=O)C[C@@H](CCC(=O)O)C(=O)O)N2C1=O. The highest BCUT2D eigenvalue weighted by atomic mass is 16.4. The van der Waals surface area contributed by atoms with Gasteiger partial charge in [0.25, 0.3) is 0 Å². The molecule has 0 aromatic heterocycles. The first-order chi connectivity index (χ1) is 11.8. The number of carbonyl (C=O) groups is 4. The van der Waals surface area contributed by atoms with Crippen molar-refractivity contribution >= 4 is 23.6 Å². The number of nitrogens with zero attached hydrogens (tertiary/aromatic N) is 1. The van der Waals surface area contributed by atoms with Crippen molar-refractivity contribution in [3.05, 3.63) is 0 Å². The highest BCUT2D eigenvalue weighted by molar-refractivity contribution is 5.93. The van der Waals surface area contributed by atoms with E-state index in [1.165, 1.54) is 0 Å². The Labute approximate surface area is 146 Å². The molecule has 0 radical (unpaired) electrons. The van der Waals surface area contributed by atoms with Gasteiger partial charge < -0.3 is 20.8 Å². The van der Waals surface area contributed by atoms with E-state index >= 15 is 0 Å². The lowest BCUT2D eigenvalue weighted by Gasteiger charge is -2.34. The molecule has 4 atom stereocenters. The van der Waals surface area contributed by atoms with E-state index in [4.69, 9.17) is 10.8 Å². The summed E-state index contributed by atoms with van der Waals surface area (Å²) in [5.74, 6) is -3.84. The molecule has 2 fully saturated rings. The number of hydrogen-bond acceptors (Lipinski definition) is 5. The topological polar surface area (TPSA) is 138 Å². The van der Waals surface area contributed by atoms with Crippen LogP contribution >= 0.6 is 0 Å². The molecular formula is C17H26N2O6. The lowest BCUT2D eigenvalue weighted by atomic mass is 9.93. The summed E-state index contributed by atoms with van der Waals surface area (Å²) in [5.41, 5.74) is 5.93. The van der Waals surface area contributed by atoms with Gasteiger partial charge in [0, 0.05) is 18.9 Å². The van der Waals surface area contributed by atoms with Gasteiger partial charge in [-0.2, -0.15) is 0 Å². The van der Waals surface area contributed by atoms with Gasteiger partial charge in [-0.3, -0.25) is 19.2 Å². The summed E-state index contributed by atoms with van der Waals surface area (Å²) in [6.45, 7) is 0. The second-order valence-electron chi connectivity index (χ2n) is 7.02. The van der Waals surface area contributed by atoms with Crippen molar-refractivity contribution in [3.63, 3.8) is 0 Å². The third kappa shape index (κ3) is 4.78. The zero-order valence-electron chi connectivity index (χ0n) is 14.2. The van der Waals surface area contributed by atoms with Crippen molar-refractivity contribution in [1.82, 2.24) is 4.90 Å². The maximum atomic E-state index is 12.7.